The molecule has 2 rings (SSSR count). The van der Waals surface area contributed by atoms with Gasteiger partial charge in [0.05, 0.1) is 26.0 Å². The summed E-state index contributed by atoms with van der Waals surface area (Å²) in [5, 5.41) is 0.674. The summed E-state index contributed by atoms with van der Waals surface area (Å²) in [5.41, 5.74) is 1.92. The van der Waals surface area contributed by atoms with Gasteiger partial charge >= 0.3 is 0 Å². The first-order valence-electron chi connectivity index (χ1n) is 5.59. The van der Waals surface area contributed by atoms with Crippen molar-refractivity contribution in [1.29, 1.82) is 0 Å². The van der Waals surface area contributed by atoms with E-state index in [0.29, 0.717) is 18.2 Å². The van der Waals surface area contributed by atoms with E-state index < -0.39 is 0 Å². The first-order chi connectivity index (χ1) is 8.78. The summed E-state index contributed by atoms with van der Waals surface area (Å²) >= 11 is 5.86. The van der Waals surface area contributed by atoms with Crippen LogP contribution in [0.25, 0.3) is 0 Å². The average Bonchev–Trinajstić information content (AvgIpc) is 2.40. The summed E-state index contributed by atoms with van der Waals surface area (Å²) in [6.45, 7) is 0.991. The summed E-state index contributed by atoms with van der Waals surface area (Å²) in [4.78, 5) is 4.17. The lowest BCUT2D eigenvalue weighted by Crippen LogP contribution is -1.96. The Morgan fingerprint density at radius 1 is 1.11 bits per heavy atom. The van der Waals surface area contributed by atoms with Crippen LogP contribution in [-0.4, -0.2) is 12.1 Å². The largest absolute Gasteiger partial charge is 0.497 e. The molecule has 1 heterocycles. The minimum Gasteiger partial charge on any atom is -0.497 e. The van der Waals surface area contributed by atoms with Gasteiger partial charge in [-0.05, 0) is 29.8 Å². The Labute approximate surface area is 111 Å². The fraction of sp³-hybridized carbons (Fsp3) is 0.214. The number of ether oxygens (including phenoxy) is 2. The molecule has 0 spiro atoms. The quantitative estimate of drug-likeness (QED) is 0.828. The molecule has 0 N–H and O–H groups in total. The lowest BCUT2D eigenvalue weighted by molar-refractivity contribution is 0.104. The smallest absolute Gasteiger partial charge is 0.118 e. The van der Waals surface area contributed by atoms with Gasteiger partial charge in [-0.15, -0.1) is 0 Å². The van der Waals surface area contributed by atoms with Crippen molar-refractivity contribution in [1.82, 2.24) is 4.98 Å². The second kappa shape index (κ2) is 6.38. The Balaban J connectivity index is 1.84. The van der Waals surface area contributed by atoms with Crippen molar-refractivity contribution < 1.29 is 9.47 Å². The third-order valence-corrected chi connectivity index (χ3v) is 2.69. The molecule has 18 heavy (non-hydrogen) atoms. The highest BCUT2D eigenvalue weighted by Gasteiger charge is 1.98. The Hall–Kier alpha value is -1.58. The van der Waals surface area contributed by atoms with E-state index in [1.165, 1.54) is 0 Å². The van der Waals surface area contributed by atoms with Crippen LogP contribution < -0.4 is 4.74 Å². The van der Waals surface area contributed by atoms with Crippen molar-refractivity contribution in [2.45, 2.75) is 13.2 Å². The molecule has 0 aliphatic heterocycles. The fourth-order valence-electron chi connectivity index (χ4n) is 1.52. The number of pyridine rings is 1. The lowest BCUT2D eigenvalue weighted by atomic mass is 10.2. The molecule has 3 nitrogen and oxygen atoms in total. The second-order valence-electron chi connectivity index (χ2n) is 3.81. The number of methoxy groups -OCH3 is 1. The maximum absolute atomic E-state index is 5.86. The van der Waals surface area contributed by atoms with E-state index in [1.807, 2.05) is 24.3 Å². The van der Waals surface area contributed by atoms with Crippen LogP contribution in [0.15, 0.2) is 42.6 Å². The van der Waals surface area contributed by atoms with Gasteiger partial charge in [0.2, 0.25) is 0 Å². The van der Waals surface area contributed by atoms with Crippen LogP contribution in [0.2, 0.25) is 5.02 Å². The van der Waals surface area contributed by atoms with Crippen LogP contribution in [0, 0.1) is 0 Å². The van der Waals surface area contributed by atoms with E-state index in [1.54, 1.807) is 25.4 Å². The number of aromatic nitrogens is 1. The van der Waals surface area contributed by atoms with Crippen LogP contribution in [0.3, 0.4) is 0 Å². The van der Waals surface area contributed by atoms with Gasteiger partial charge in [-0.2, -0.15) is 0 Å². The Kier molecular flexibility index (Phi) is 4.56. The minimum absolute atomic E-state index is 0.451. The van der Waals surface area contributed by atoms with Gasteiger partial charge in [0, 0.05) is 11.2 Å². The fourth-order valence-corrected chi connectivity index (χ4v) is 1.71. The molecule has 2 aromatic rings. The molecule has 94 valence electrons. The third kappa shape index (κ3) is 3.72. The zero-order chi connectivity index (χ0) is 12.8. The summed E-state index contributed by atoms with van der Waals surface area (Å²) < 4.78 is 10.7. The van der Waals surface area contributed by atoms with Crippen LogP contribution in [-0.2, 0) is 18.0 Å². The van der Waals surface area contributed by atoms with Crippen molar-refractivity contribution >= 4 is 11.6 Å². The summed E-state index contributed by atoms with van der Waals surface area (Å²) in [5.74, 6) is 0.843. The molecule has 0 fully saturated rings. The predicted molar refractivity (Wildman–Crippen MR) is 70.7 cm³/mol. The van der Waals surface area contributed by atoms with Gasteiger partial charge < -0.3 is 9.47 Å². The highest BCUT2D eigenvalue weighted by Crippen LogP contribution is 2.13. The maximum Gasteiger partial charge on any atom is 0.118 e. The third-order valence-electron chi connectivity index (χ3n) is 2.46. The predicted octanol–water partition coefficient (Wildman–Crippen LogP) is 3.46. The number of benzene rings is 1. The maximum atomic E-state index is 5.86. The van der Waals surface area contributed by atoms with Gasteiger partial charge in [-0.3, -0.25) is 4.98 Å². The molecule has 0 saturated carbocycles. The first kappa shape index (κ1) is 12.9. The highest BCUT2D eigenvalue weighted by atomic mass is 35.5. The monoisotopic (exact) mass is 263 g/mol. The highest BCUT2D eigenvalue weighted by molar-refractivity contribution is 6.30. The number of halogens is 1. The molecule has 0 aliphatic rings. The molecular weight excluding hydrogens is 250 g/mol. The van der Waals surface area contributed by atoms with Crippen LogP contribution in [0.4, 0.5) is 0 Å². The molecule has 0 unspecified atom stereocenters. The van der Waals surface area contributed by atoms with Gasteiger partial charge in [-0.1, -0.05) is 23.7 Å². The standard InChI is InChI=1S/C14H14ClNO2/c1-17-14-4-2-11(3-5-14)9-18-10-13-8-12(15)6-7-16-13/h2-8H,9-10H2,1H3. The van der Waals surface area contributed by atoms with Crippen LogP contribution in [0.1, 0.15) is 11.3 Å². The SMILES string of the molecule is COc1ccc(COCc2cc(Cl)ccn2)cc1. The normalized spacial score (nSPS) is 10.3. The molecule has 0 saturated heterocycles. The summed E-state index contributed by atoms with van der Waals surface area (Å²) in [7, 11) is 1.65. The molecule has 0 amide bonds. The van der Waals surface area contributed by atoms with Crippen molar-refractivity contribution in [2.24, 2.45) is 0 Å². The van der Waals surface area contributed by atoms with E-state index in [0.717, 1.165) is 17.0 Å². The number of rotatable bonds is 5. The Morgan fingerprint density at radius 3 is 2.56 bits per heavy atom. The molecule has 0 aliphatic carbocycles. The van der Waals surface area contributed by atoms with Gasteiger partial charge in [0.25, 0.3) is 0 Å². The minimum atomic E-state index is 0.451. The first-order valence-corrected chi connectivity index (χ1v) is 5.97. The molecular formula is C14H14ClNO2. The van der Waals surface area contributed by atoms with Crippen molar-refractivity contribution in [3.8, 4) is 5.75 Å². The van der Waals surface area contributed by atoms with Crippen LogP contribution in [0.5, 0.6) is 5.75 Å². The van der Waals surface area contributed by atoms with Crippen molar-refractivity contribution in [3.05, 3.63) is 58.9 Å². The van der Waals surface area contributed by atoms with Gasteiger partial charge in [-0.25, -0.2) is 0 Å². The van der Waals surface area contributed by atoms with Crippen molar-refractivity contribution in [2.75, 3.05) is 7.11 Å². The molecule has 4 heteroatoms. The Morgan fingerprint density at radius 2 is 1.89 bits per heavy atom. The topological polar surface area (TPSA) is 31.4 Å². The number of nitrogens with zero attached hydrogens (tertiary/aromatic N) is 1. The summed E-state index contributed by atoms with van der Waals surface area (Å²) in [6, 6.07) is 11.3. The van der Waals surface area contributed by atoms with E-state index in [-0.39, 0.29) is 0 Å². The molecule has 0 atom stereocenters. The summed E-state index contributed by atoms with van der Waals surface area (Å²) in [6.07, 6.45) is 1.68. The average molecular weight is 264 g/mol. The van der Waals surface area contributed by atoms with E-state index >= 15 is 0 Å². The number of hydrogen-bond acceptors (Lipinski definition) is 3. The zero-order valence-electron chi connectivity index (χ0n) is 10.1. The number of hydrogen-bond donors (Lipinski definition) is 0. The zero-order valence-corrected chi connectivity index (χ0v) is 10.9. The molecule has 0 bridgehead atoms. The van der Waals surface area contributed by atoms with Crippen LogP contribution >= 0.6 is 11.6 Å². The molecule has 0 radical (unpaired) electrons. The van der Waals surface area contributed by atoms with E-state index in [4.69, 9.17) is 21.1 Å². The van der Waals surface area contributed by atoms with Gasteiger partial charge in [0.15, 0.2) is 0 Å². The Bertz CT molecular complexity index is 499. The van der Waals surface area contributed by atoms with E-state index in [2.05, 4.69) is 4.98 Å². The van der Waals surface area contributed by atoms with Crippen molar-refractivity contribution in [3.63, 3.8) is 0 Å². The van der Waals surface area contributed by atoms with Gasteiger partial charge in [0.1, 0.15) is 5.75 Å². The lowest BCUT2D eigenvalue weighted by Gasteiger charge is -2.05. The van der Waals surface area contributed by atoms with E-state index in [9.17, 15) is 0 Å². The molecule has 1 aromatic carbocycles. The second-order valence-corrected chi connectivity index (χ2v) is 4.24. The molecule has 1 aromatic heterocycles.